The molecule has 7 heteroatoms. The summed E-state index contributed by atoms with van der Waals surface area (Å²) in [7, 11) is 0. The Balaban J connectivity index is 1.32. The lowest BCUT2D eigenvalue weighted by molar-refractivity contribution is -0.136. The molecule has 0 aromatic heterocycles. The second-order valence-electron chi connectivity index (χ2n) is 8.12. The third-order valence-electron chi connectivity index (χ3n) is 5.90. The molecule has 4 rings (SSSR count). The number of carbonyl (C=O) groups excluding carboxylic acids is 2. The van der Waals surface area contributed by atoms with Crippen molar-refractivity contribution in [1.82, 2.24) is 10.6 Å². The van der Waals surface area contributed by atoms with Gasteiger partial charge < -0.3 is 20.5 Å². The number of fused-ring (bicyclic) bond motifs is 3. The number of carboxylic acids is 1. The fraction of sp³-hybridized carbons (Fsp3) is 0.222. The summed E-state index contributed by atoms with van der Waals surface area (Å²) in [5.41, 5.74) is 6.19. The summed E-state index contributed by atoms with van der Waals surface area (Å²) in [6, 6.07) is 23.6. The van der Waals surface area contributed by atoms with Crippen molar-refractivity contribution in [3.8, 4) is 11.1 Å². The minimum Gasteiger partial charge on any atom is -0.481 e. The number of hydrogen-bond acceptors (Lipinski definition) is 4. The van der Waals surface area contributed by atoms with E-state index in [0.717, 1.165) is 22.3 Å². The van der Waals surface area contributed by atoms with Gasteiger partial charge in [0.05, 0.1) is 12.8 Å². The maximum Gasteiger partial charge on any atom is 0.407 e. The summed E-state index contributed by atoms with van der Waals surface area (Å²) in [6.45, 7) is 0.525. The zero-order chi connectivity index (χ0) is 23.9. The maximum atomic E-state index is 12.5. The molecule has 0 unspecified atom stereocenters. The Morgan fingerprint density at radius 3 is 2.03 bits per heavy atom. The van der Waals surface area contributed by atoms with Crippen molar-refractivity contribution >= 4 is 18.0 Å². The third kappa shape index (κ3) is 5.43. The lowest BCUT2D eigenvalue weighted by Gasteiger charge is -2.15. The van der Waals surface area contributed by atoms with Crippen molar-refractivity contribution in [3.05, 3.63) is 95.1 Å². The van der Waals surface area contributed by atoms with Crippen LogP contribution in [0.5, 0.6) is 0 Å². The number of hydrogen-bond donors (Lipinski definition) is 3. The number of carbonyl (C=O) groups is 3. The van der Waals surface area contributed by atoms with Crippen LogP contribution >= 0.6 is 0 Å². The van der Waals surface area contributed by atoms with Crippen molar-refractivity contribution < 1.29 is 24.2 Å². The molecular formula is C27H26N2O5. The van der Waals surface area contributed by atoms with Crippen molar-refractivity contribution in [3.63, 3.8) is 0 Å². The Kier molecular flexibility index (Phi) is 7.22. The quantitative estimate of drug-likeness (QED) is 0.452. The topological polar surface area (TPSA) is 105 Å². The highest BCUT2D eigenvalue weighted by molar-refractivity contribution is 5.80. The molecule has 2 amide bonds. The molecule has 34 heavy (non-hydrogen) atoms. The van der Waals surface area contributed by atoms with E-state index in [0.29, 0.717) is 0 Å². The number of nitrogens with one attached hydrogen (secondary N) is 2. The molecule has 0 saturated carbocycles. The van der Waals surface area contributed by atoms with Gasteiger partial charge in [0.25, 0.3) is 0 Å². The van der Waals surface area contributed by atoms with Crippen molar-refractivity contribution in [2.75, 3.05) is 13.2 Å². The molecule has 3 aromatic carbocycles. The van der Waals surface area contributed by atoms with Gasteiger partial charge in [-0.3, -0.25) is 9.59 Å². The van der Waals surface area contributed by atoms with Gasteiger partial charge >= 0.3 is 12.1 Å². The fourth-order valence-electron chi connectivity index (χ4n) is 4.26. The van der Waals surface area contributed by atoms with Gasteiger partial charge in [0.2, 0.25) is 5.91 Å². The Bertz CT molecular complexity index is 1160. The highest BCUT2D eigenvalue weighted by atomic mass is 16.5. The van der Waals surface area contributed by atoms with Crippen LogP contribution in [0.4, 0.5) is 4.79 Å². The van der Waals surface area contributed by atoms with Gasteiger partial charge in [0.1, 0.15) is 6.61 Å². The molecule has 7 nitrogen and oxygen atoms in total. The number of ether oxygens (including phenoxy) is 1. The van der Waals surface area contributed by atoms with Crippen LogP contribution in [0.1, 0.15) is 34.6 Å². The van der Waals surface area contributed by atoms with E-state index in [1.165, 1.54) is 11.1 Å². The summed E-state index contributed by atoms with van der Waals surface area (Å²) < 4.78 is 5.57. The number of aliphatic carboxylic acids is 1. The summed E-state index contributed by atoms with van der Waals surface area (Å²) in [5.74, 6) is -1.25. The predicted octanol–water partition coefficient (Wildman–Crippen LogP) is 3.86. The first-order valence-electron chi connectivity index (χ1n) is 11.2. The molecule has 0 bridgehead atoms. The first kappa shape index (κ1) is 23.0. The van der Waals surface area contributed by atoms with Crippen molar-refractivity contribution in [2.24, 2.45) is 0 Å². The van der Waals surface area contributed by atoms with Crippen LogP contribution in [-0.2, 0) is 27.3 Å². The minimum atomic E-state index is -0.965. The highest BCUT2D eigenvalue weighted by Gasteiger charge is 2.29. The molecule has 0 saturated heterocycles. The Labute approximate surface area is 197 Å². The molecule has 0 radical (unpaired) electrons. The lowest BCUT2D eigenvalue weighted by atomic mass is 9.98. The molecule has 1 aliphatic carbocycles. The minimum absolute atomic E-state index is 0.0139. The number of alkyl carbamates (subject to hydrolysis) is 1. The average Bonchev–Trinajstić information content (AvgIpc) is 3.15. The fourth-order valence-corrected chi connectivity index (χ4v) is 4.26. The molecule has 0 heterocycles. The molecular weight excluding hydrogens is 432 g/mol. The monoisotopic (exact) mass is 458 g/mol. The molecule has 3 aromatic rings. The second kappa shape index (κ2) is 10.7. The summed E-state index contributed by atoms with van der Waals surface area (Å²) >= 11 is 0. The Hall–Kier alpha value is -4.13. The van der Waals surface area contributed by atoms with Gasteiger partial charge in [-0.15, -0.1) is 0 Å². The summed E-state index contributed by atoms with van der Waals surface area (Å²) in [6.07, 6.45) is -0.554. The van der Waals surface area contributed by atoms with Gasteiger partial charge in [0.15, 0.2) is 0 Å². The number of benzene rings is 3. The number of amides is 2. The van der Waals surface area contributed by atoms with Crippen LogP contribution < -0.4 is 10.6 Å². The average molecular weight is 459 g/mol. The van der Waals surface area contributed by atoms with Gasteiger partial charge in [-0.1, -0.05) is 72.8 Å². The lowest BCUT2D eigenvalue weighted by Crippen LogP contribution is -2.29. The summed E-state index contributed by atoms with van der Waals surface area (Å²) in [4.78, 5) is 35.2. The normalized spacial score (nSPS) is 11.9. The van der Waals surface area contributed by atoms with Crippen LogP contribution in [0.2, 0.25) is 0 Å². The van der Waals surface area contributed by atoms with Crippen LogP contribution in [0.15, 0.2) is 72.8 Å². The highest BCUT2D eigenvalue weighted by Crippen LogP contribution is 2.44. The third-order valence-corrected chi connectivity index (χ3v) is 5.90. The SMILES string of the molecule is O=C(O)CCNC(=O)Cc1ccccc1CNC(=O)OCC1c2ccccc2-c2ccccc21. The van der Waals surface area contributed by atoms with E-state index in [2.05, 4.69) is 34.9 Å². The van der Waals surface area contributed by atoms with E-state index >= 15 is 0 Å². The van der Waals surface area contributed by atoms with Crippen LogP contribution in [0.3, 0.4) is 0 Å². The molecule has 0 fully saturated rings. The molecule has 1 aliphatic rings. The molecule has 0 aliphatic heterocycles. The van der Waals surface area contributed by atoms with E-state index in [1.807, 2.05) is 48.5 Å². The van der Waals surface area contributed by atoms with E-state index in [9.17, 15) is 14.4 Å². The van der Waals surface area contributed by atoms with E-state index < -0.39 is 12.1 Å². The van der Waals surface area contributed by atoms with E-state index in [-0.39, 0.29) is 44.4 Å². The largest absolute Gasteiger partial charge is 0.481 e. The Morgan fingerprint density at radius 2 is 1.38 bits per heavy atom. The van der Waals surface area contributed by atoms with E-state index in [4.69, 9.17) is 9.84 Å². The zero-order valence-electron chi connectivity index (χ0n) is 18.6. The number of carboxylic acid groups (broad SMARTS) is 1. The molecule has 0 atom stereocenters. The molecule has 3 N–H and O–H groups in total. The first-order valence-corrected chi connectivity index (χ1v) is 11.2. The van der Waals surface area contributed by atoms with Crippen LogP contribution in [0.25, 0.3) is 11.1 Å². The van der Waals surface area contributed by atoms with Gasteiger partial charge in [-0.05, 0) is 33.4 Å². The zero-order valence-corrected chi connectivity index (χ0v) is 18.6. The molecule has 0 spiro atoms. The first-order chi connectivity index (χ1) is 16.5. The van der Waals surface area contributed by atoms with E-state index in [1.54, 1.807) is 0 Å². The smallest absolute Gasteiger partial charge is 0.407 e. The standard InChI is InChI=1S/C27H26N2O5/c30-25(28-14-13-26(31)32)15-18-7-1-2-8-19(18)16-29-27(33)34-17-24-22-11-5-3-9-20(22)21-10-4-6-12-23(21)24/h1-12,24H,13-17H2,(H,28,30)(H,29,33)(H,31,32). The van der Waals surface area contributed by atoms with Crippen molar-refractivity contribution in [1.29, 1.82) is 0 Å². The van der Waals surface area contributed by atoms with Gasteiger partial charge in [-0.2, -0.15) is 0 Å². The van der Waals surface area contributed by atoms with Crippen LogP contribution in [-0.4, -0.2) is 36.2 Å². The van der Waals surface area contributed by atoms with Gasteiger partial charge in [0, 0.05) is 19.0 Å². The predicted molar refractivity (Wildman–Crippen MR) is 127 cm³/mol. The van der Waals surface area contributed by atoms with Crippen LogP contribution in [0, 0.1) is 0 Å². The van der Waals surface area contributed by atoms with Crippen molar-refractivity contribution in [2.45, 2.75) is 25.3 Å². The number of rotatable bonds is 9. The second-order valence-corrected chi connectivity index (χ2v) is 8.12. The van der Waals surface area contributed by atoms with Gasteiger partial charge in [-0.25, -0.2) is 4.79 Å². The summed E-state index contributed by atoms with van der Waals surface area (Å²) in [5, 5.41) is 14.1. The Morgan fingerprint density at radius 1 is 0.794 bits per heavy atom. The molecule has 174 valence electrons. The maximum absolute atomic E-state index is 12.5.